The molecule has 146 valence electrons. The van der Waals surface area contributed by atoms with Crippen molar-refractivity contribution < 1.29 is 14.3 Å². The van der Waals surface area contributed by atoms with Gasteiger partial charge in [0.25, 0.3) is 5.91 Å². The van der Waals surface area contributed by atoms with Crippen molar-refractivity contribution in [3.8, 4) is 0 Å². The Balaban J connectivity index is 1.65. The van der Waals surface area contributed by atoms with Crippen molar-refractivity contribution in [1.29, 1.82) is 0 Å². The van der Waals surface area contributed by atoms with Crippen LogP contribution in [0.1, 0.15) is 43.4 Å². The molecule has 0 aliphatic rings. The van der Waals surface area contributed by atoms with Crippen molar-refractivity contribution in [2.24, 2.45) is 0 Å². The quantitative estimate of drug-likeness (QED) is 0.610. The van der Waals surface area contributed by atoms with Crippen molar-refractivity contribution in [3.05, 3.63) is 65.4 Å². The van der Waals surface area contributed by atoms with Crippen molar-refractivity contribution in [2.45, 2.75) is 46.1 Å². The molecule has 0 saturated heterocycles. The number of aromatic nitrogens is 1. The Morgan fingerprint density at radius 3 is 2.57 bits per heavy atom. The largest absolute Gasteiger partial charge is 0.452 e. The number of carbonyl (C=O) groups excluding carboxylic acids is 2. The van der Waals surface area contributed by atoms with Gasteiger partial charge >= 0.3 is 5.97 Å². The van der Waals surface area contributed by atoms with Gasteiger partial charge in [-0.25, -0.2) is 0 Å². The number of esters is 1. The number of fused-ring (bicyclic) bond motifs is 1. The van der Waals surface area contributed by atoms with E-state index in [-0.39, 0.29) is 18.2 Å². The molecule has 0 radical (unpaired) electrons. The standard InChI is InChI=1S/C23H26N2O3/c1-14(2)18-10-7-8-15(3)22(18)25-23(27)16(4)28-21(26)12-17-13-24-20-11-6-5-9-19(17)20/h5-11,13-14,16,24H,12H2,1-4H3,(H,25,27)/t16-/m0/s1. The van der Waals surface area contributed by atoms with Gasteiger partial charge in [-0.15, -0.1) is 0 Å². The number of aryl methyl sites for hydroxylation is 1. The smallest absolute Gasteiger partial charge is 0.311 e. The number of H-pyrrole nitrogens is 1. The lowest BCUT2D eigenvalue weighted by atomic mass is 9.98. The lowest BCUT2D eigenvalue weighted by Crippen LogP contribution is -2.31. The molecule has 0 aliphatic heterocycles. The third kappa shape index (κ3) is 4.25. The van der Waals surface area contributed by atoms with E-state index in [1.807, 2.05) is 49.4 Å². The van der Waals surface area contributed by atoms with Gasteiger partial charge in [0.05, 0.1) is 6.42 Å². The number of rotatable bonds is 6. The number of benzene rings is 2. The molecule has 2 N–H and O–H groups in total. The number of hydrogen-bond donors (Lipinski definition) is 2. The molecular weight excluding hydrogens is 352 g/mol. The van der Waals surface area contributed by atoms with Crippen LogP contribution in [0.3, 0.4) is 0 Å². The van der Waals surface area contributed by atoms with E-state index in [9.17, 15) is 9.59 Å². The van der Waals surface area contributed by atoms with E-state index >= 15 is 0 Å². The third-order valence-corrected chi connectivity index (χ3v) is 4.86. The van der Waals surface area contributed by atoms with E-state index in [1.165, 1.54) is 0 Å². The molecule has 1 amide bonds. The van der Waals surface area contributed by atoms with Crippen molar-refractivity contribution in [1.82, 2.24) is 4.98 Å². The second-order valence-electron chi connectivity index (χ2n) is 7.35. The summed E-state index contributed by atoms with van der Waals surface area (Å²) in [7, 11) is 0. The number of ether oxygens (including phenoxy) is 1. The first-order valence-corrected chi connectivity index (χ1v) is 9.51. The molecule has 0 unspecified atom stereocenters. The predicted molar refractivity (Wildman–Crippen MR) is 111 cm³/mol. The van der Waals surface area contributed by atoms with Crippen molar-refractivity contribution in [2.75, 3.05) is 5.32 Å². The Morgan fingerprint density at radius 1 is 1.07 bits per heavy atom. The van der Waals surface area contributed by atoms with Crippen LogP contribution in [0.15, 0.2) is 48.7 Å². The Hall–Kier alpha value is -3.08. The Kier molecular flexibility index (Phi) is 5.83. The second-order valence-corrected chi connectivity index (χ2v) is 7.35. The van der Waals surface area contributed by atoms with Gasteiger partial charge in [-0.2, -0.15) is 0 Å². The van der Waals surface area contributed by atoms with Crippen LogP contribution in [-0.4, -0.2) is 23.0 Å². The molecule has 1 aromatic heterocycles. The Labute approximate surface area is 165 Å². The van der Waals surface area contributed by atoms with E-state index in [2.05, 4.69) is 24.1 Å². The minimum atomic E-state index is -0.877. The molecule has 1 atom stereocenters. The number of hydrogen-bond acceptors (Lipinski definition) is 3. The first kappa shape index (κ1) is 19.7. The number of aromatic amines is 1. The maximum Gasteiger partial charge on any atom is 0.311 e. The van der Waals surface area contributed by atoms with Crippen LogP contribution in [0.5, 0.6) is 0 Å². The average molecular weight is 378 g/mol. The molecule has 3 rings (SSSR count). The number of para-hydroxylation sites is 2. The van der Waals surface area contributed by atoms with Gasteiger partial charge in [0.1, 0.15) is 0 Å². The van der Waals surface area contributed by atoms with Crippen LogP contribution < -0.4 is 5.32 Å². The lowest BCUT2D eigenvalue weighted by Gasteiger charge is -2.19. The first-order valence-electron chi connectivity index (χ1n) is 9.51. The molecule has 0 saturated carbocycles. The van der Waals surface area contributed by atoms with Crippen molar-refractivity contribution in [3.63, 3.8) is 0 Å². The molecule has 28 heavy (non-hydrogen) atoms. The molecule has 2 aromatic carbocycles. The highest BCUT2D eigenvalue weighted by Gasteiger charge is 2.21. The second kappa shape index (κ2) is 8.30. The van der Waals surface area contributed by atoms with Crippen LogP contribution in [-0.2, 0) is 20.7 Å². The molecule has 5 heteroatoms. The van der Waals surface area contributed by atoms with Gasteiger partial charge in [-0.1, -0.05) is 50.2 Å². The van der Waals surface area contributed by atoms with Gasteiger partial charge < -0.3 is 15.0 Å². The molecule has 0 spiro atoms. The van der Waals surface area contributed by atoms with Gasteiger partial charge in [-0.3, -0.25) is 9.59 Å². The third-order valence-electron chi connectivity index (χ3n) is 4.86. The fraction of sp³-hybridized carbons (Fsp3) is 0.304. The molecule has 1 heterocycles. The van der Waals surface area contributed by atoms with Crippen molar-refractivity contribution >= 4 is 28.5 Å². The minimum Gasteiger partial charge on any atom is -0.452 e. The van der Waals surface area contributed by atoms with Gasteiger partial charge in [0.15, 0.2) is 6.10 Å². The number of nitrogens with one attached hydrogen (secondary N) is 2. The van der Waals surface area contributed by atoms with E-state index in [1.54, 1.807) is 13.1 Å². The van der Waals surface area contributed by atoms with Gasteiger partial charge in [0, 0.05) is 22.8 Å². The van der Waals surface area contributed by atoms with E-state index < -0.39 is 12.1 Å². The summed E-state index contributed by atoms with van der Waals surface area (Å²) >= 11 is 0. The molecule has 0 aliphatic carbocycles. The van der Waals surface area contributed by atoms with Crippen LogP contribution >= 0.6 is 0 Å². The maximum atomic E-state index is 12.6. The maximum absolute atomic E-state index is 12.6. The molecule has 3 aromatic rings. The van der Waals surface area contributed by atoms with Gasteiger partial charge in [0.2, 0.25) is 0 Å². The average Bonchev–Trinajstić information content (AvgIpc) is 3.06. The zero-order valence-electron chi connectivity index (χ0n) is 16.7. The molecular formula is C23H26N2O3. The molecule has 0 bridgehead atoms. The van der Waals surface area contributed by atoms with E-state index in [0.717, 1.165) is 33.3 Å². The normalized spacial score (nSPS) is 12.2. The zero-order valence-corrected chi connectivity index (χ0v) is 16.7. The number of amides is 1. The van der Waals surface area contributed by atoms with Crippen LogP contribution in [0.4, 0.5) is 5.69 Å². The SMILES string of the molecule is Cc1cccc(C(C)C)c1NC(=O)[C@H](C)OC(=O)Cc1c[nH]c2ccccc12. The first-order chi connectivity index (χ1) is 13.4. The lowest BCUT2D eigenvalue weighted by molar-refractivity contribution is -0.152. The van der Waals surface area contributed by atoms with Crippen LogP contribution in [0.2, 0.25) is 0 Å². The summed E-state index contributed by atoms with van der Waals surface area (Å²) in [5.74, 6) is -0.486. The minimum absolute atomic E-state index is 0.114. The van der Waals surface area contributed by atoms with Crippen LogP contribution in [0, 0.1) is 6.92 Å². The summed E-state index contributed by atoms with van der Waals surface area (Å²) in [4.78, 5) is 28.1. The molecule has 0 fully saturated rings. The monoisotopic (exact) mass is 378 g/mol. The Bertz CT molecular complexity index is 1000. The summed E-state index contributed by atoms with van der Waals surface area (Å²) in [6.07, 6.45) is 1.04. The zero-order chi connectivity index (χ0) is 20.3. The number of carbonyl (C=O) groups is 2. The predicted octanol–water partition coefficient (Wildman–Crippen LogP) is 4.71. The summed E-state index contributed by atoms with van der Waals surface area (Å²) in [5.41, 5.74) is 4.66. The summed E-state index contributed by atoms with van der Waals surface area (Å²) in [5, 5.41) is 3.92. The fourth-order valence-corrected chi connectivity index (χ4v) is 3.29. The highest BCUT2D eigenvalue weighted by molar-refractivity contribution is 5.97. The summed E-state index contributed by atoms with van der Waals surface area (Å²) in [6, 6.07) is 13.7. The summed E-state index contributed by atoms with van der Waals surface area (Å²) < 4.78 is 5.38. The number of anilines is 1. The van der Waals surface area contributed by atoms with Crippen LogP contribution in [0.25, 0.3) is 10.9 Å². The van der Waals surface area contributed by atoms with Gasteiger partial charge in [-0.05, 0) is 42.5 Å². The Morgan fingerprint density at radius 2 is 1.82 bits per heavy atom. The highest BCUT2D eigenvalue weighted by Crippen LogP contribution is 2.27. The topological polar surface area (TPSA) is 71.2 Å². The molecule has 5 nitrogen and oxygen atoms in total. The fourth-order valence-electron chi connectivity index (χ4n) is 3.29. The van der Waals surface area contributed by atoms with E-state index in [4.69, 9.17) is 4.74 Å². The van der Waals surface area contributed by atoms with E-state index in [0.29, 0.717) is 0 Å². The highest BCUT2D eigenvalue weighted by atomic mass is 16.5. The summed E-state index contributed by atoms with van der Waals surface area (Å²) in [6.45, 7) is 7.70.